The van der Waals surface area contributed by atoms with Crippen molar-refractivity contribution in [3.05, 3.63) is 53.9 Å². The van der Waals surface area contributed by atoms with Gasteiger partial charge in [0.1, 0.15) is 5.69 Å². The Hall–Kier alpha value is -2.44. The minimum absolute atomic E-state index is 0.143. The molecule has 1 aromatic carbocycles. The molecule has 0 saturated carbocycles. The summed E-state index contributed by atoms with van der Waals surface area (Å²) >= 11 is 0. The van der Waals surface area contributed by atoms with Gasteiger partial charge in [0.15, 0.2) is 0 Å². The van der Waals surface area contributed by atoms with E-state index in [0.717, 1.165) is 49.8 Å². The Morgan fingerprint density at radius 2 is 2.00 bits per heavy atom. The van der Waals surface area contributed by atoms with Crippen LogP contribution in [-0.4, -0.2) is 55.2 Å². The van der Waals surface area contributed by atoms with Crippen LogP contribution in [0.1, 0.15) is 16.1 Å². The second-order valence-electron chi connectivity index (χ2n) is 6.08. The van der Waals surface area contributed by atoms with E-state index in [2.05, 4.69) is 20.5 Å². The van der Waals surface area contributed by atoms with Crippen LogP contribution in [0.3, 0.4) is 0 Å². The molecule has 0 bridgehead atoms. The zero-order valence-corrected chi connectivity index (χ0v) is 14.5. The number of ether oxygens (including phenoxy) is 1. The molecule has 0 aliphatic carbocycles. The summed E-state index contributed by atoms with van der Waals surface area (Å²) in [6.07, 6.45) is 1.68. The number of para-hydroxylation sites is 1. The molecule has 2 heterocycles. The highest BCUT2D eigenvalue weighted by Gasteiger charge is 2.11. The molecule has 3 rings (SSSR count). The summed E-state index contributed by atoms with van der Waals surface area (Å²) in [4.78, 5) is 18.7. The summed E-state index contributed by atoms with van der Waals surface area (Å²) in [5.41, 5.74) is 3.48. The second-order valence-corrected chi connectivity index (χ2v) is 6.08. The van der Waals surface area contributed by atoms with E-state index in [1.807, 2.05) is 37.3 Å². The lowest BCUT2D eigenvalue weighted by Crippen LogP contribution is -2.41. The lowest BCUT2D eigenvalue weighted by atomic mass is 10.2. The Kier molecular flexibility index (Phi) is 5.98. The van der Waals surface area contributed by atoms with Gasteiger partial charge in [-0.25, -0.2) is 4.98 Å². The summed E-state index contributed by atoms with van der Waals surface area (Å²) < 4.78 is 5.31. The normalized spacial score (nSPS) is 14.9. The van der Waals surface area contributed by atoms with E-state index in [9.17, 15) is 4.79 Å². The molecule has 1 aliphatic heterocycles. The summed E-state index contributed by atoms with van der Waals surface area (Å²) in [6, 6.07) is 11.7. The molecule has 1 aromatic heterocycles. The minimum Gasteiger partial charge on any atom is -0.379 e. The van der Waals surface area contributed by atoms with Crippen LogP contribution in [0.4, 0.5) is 11.4 Å². The molecule has 2 N–H and O–H groups in total. The Morgan fingerprint density at radius 1 is 1.20 bits per heavy atom. The molecule has 6 nitrogen and oxygen atoms in total. The topological polar surface area (TPSA) is 66.5 Å². The SMILES string of the molecule is Cc1ccccc1Nc1ccc(C(=O)NCCN2CCOCC2)nc1. The first-order valence-corrected chi connectivity index (χ1v) is 8.59. The molecule has 2 aromatic rings. The van der Waals surface area contributed by atoms with Crippen molar-refractivity contribution >= 4 is 17.3 Å². The maximum absolute atomic E-state index is 12.2. The van der Waals surface area contributed by atoms with E-state index in [0.29, 0.717) is 12.2 Å². The van der Waals surface area contributed by atoms with Crippen LogP contribution in [0.15, 0.2) is 42.6 Å². The number of carbonyl (C=O) groups is 1. The van der Waals surface area contributed by atoms with Crippen LogP contribution in [0.5, 0.6) is 0 Å². The quantitative estimate of drug-likeness (QED) is 0.844. The zero-order valence-electron chi connectivity index (χ0n) is 14.5. The second kappa shape index (κ2) is 8.60. The molecule has 1 fully saturated rings. The summed E-state index contributed by atoms with van der Waals surface area (Å²) in [5, 5.41) is 6.23. The fraction of sp³-hybridized carbons (Fsp3) is 0.368. The molecule has 0 atom stereocenters. The van der Waals surface area contributed by atoms with Crippen molar-refractivity contribution in [1.29, 1.82) is 0 Å². The number of aromatic nitrogens is 1. The molecule has 0 radical (unpaired) electrons. The molecular weight excluding hydrogens is 316 g/mol. The fourth-order valence-electron chi connectivity index (χ4n) is 2.71. The van der Waals surface area contributed by atoms with Gasteiger partial charge >= 0.3 is 0 Å². The van der Waals surface area contributed by atoms with Crippen LogP contribution in [0.25, 0.3) is 0 Å². The smallest absolute Gasteiger partial charge is 0.269 e. The maximum Gasteiger partial charge on any atom is 0.269 e. The van der Waals surface area contributed by atoms with Gasteiger partial charge in [-0.2, -0.15) is 0 Å². The van der Waals surface area contributed by atoms with Crippen LogP contribution < -0.4 is 10.6 Å². The zero-order chi connectivity index (χ0) is 17.5. The molecule has 1 amide bonds. The van der Waals surface area contributed by atoms with Gasteiger partial charge in [-0.15, -0.1) is 0 Å². The number of nitrogens with one attached hydrogen (secondary N) is 2. The Balaban J connectivity index is 1.49. The number of benzene rings is 1. The van der Waals surface area contributed by atoms with Gasteiger partial charge in [0.05, 0.1) is 25.1 Å². The van der Waals surface area contributed by atoms with Crippen molar-refractivity contribution in [2.75, 3.05) is 44.7 Å². The number of amides is 1. The van der Waals surface area contributed by atoms with Gasteiger partial charge in [-0.3, -0.25) is 9.69 Å². The van der Waals surface area contributed by atoms with Crippen molar-refractivity contribution in [3.8, 4) is 0 Å². The van der Waals surface area contributed by atoms with Crippen molar-refractivity contribution in [2.45, 2.75) is 6.92 Å². The molecular formula is C19H24N4O2. The van der Waals surface area contributed by atoms with Gasteiger partial charge in [0.2, 0.25) is 0 Å². The van der Waals surface area contributed by atoms with E-state index in [-0.39, 0.29) is 5.91 Å². The van der Waals surface area contributed by atoms with E-state index >= 15 is 0 Å². The van der Waals surface area contributed by atoms with Gasteiger partial charge in [0, 0.05) is 31.9 Å². The fourth-order valence-corrected chi connectivity index (χ4v) is 2.71. The van der Waals surface area contributed by atoms with E-state index in [4.69, 9.17) is 4.74 Å². The average Bonchev–Trinajstić information content (AvgIpc) is 2.65. The molecule has 6 heteroatoms. The standard InChI is InChI=1S/C19H24N4O2/c1-15-4-2-3-5-17(15)22-16-6-7-18(21-14-16)19(24)20-8-9-23-10-12-25-13-11-23/h2-7,14,22H,8-13H2,1H3,(H,20,24). The largest absolute Gasteiger partial charge is 0.379 e. The van der Waals surface area contributed by atoms with Crippen molar-refractivity contribution in [3.63, 3.8) is 0 Å². The summed E-state index contributed by atoms with van der Waals surface area (Å²) in [7, 11) is 0. The monoisotopic (exact) mass is 340 g/mol. The molecule has 1 aliphatic rings. The van der Waals surface area contributed by atoms with Crippen molar-refractivity contribution in [2.24, 2.45) is 0 Å². The number of pyridine rings is 1. The highest BCUT2D eigenvalue weighted by molar-refractivity contribution is 5.92. The molecule has 132 valence electrons. The van der Waals surface area contributed by atoms with E-state index in [1.165, 1.54) is 0 Å². The Labute approximate surface area is 148 Å². The van der Waals surface area contributed by atoms with Gasteiger partial charge in [-0.1, -0.05) is 18.2 Å². The van der Waals surface area contributed by atoms with Crippen LogP contribution in [0, 0.1) is 6.92 Å². The lowest BCUT2D eigenvalue weighted by molar-refractivity contribution is 0.0383. The van der Waals surface area contributed by atoms with E-state index in [1.54, 1.807) is 12.3 Å². The Morgan fingerprint density at radius 3 is 2.72 bits per heavy atom. The molecule has 0 spiro atoms. The maximum atomic E-state index is 12.2. The first-order chi connectivity index (χ1) is 12.2. The number of morpholine rings is 1. The van der Waals surface area contributed by atoms with Gasteiger partial charge < -0.3 is 15.4 Å². The number of rotatable bonds is 6. The number of hydrogen-bond acceptors (Lipinski definition) is 5. The van der Waals surface area contributed by atoms with Crippen molar-refractivity contribution in [1.82, 2.24) is 15.2 Å². The third kappa shape index (κ3) is 5.01. The summed E-state index contributed by atoms with van der Waals surface area (Å²) in [5.74, 6) is -0.143. The first kappa shape index (κ1) is 17.4. The summed E-state index contributed by atoms with van der Waals surface area (Å²) in [6.45, 7) is 6.88. The molecule has 25 heavy (non-hydrogen) atoms. The number of carbonyl (C=O) groups excluding carboxylic acids is 1. The van der Waals surface area contributed by atoms with Gasteiger partial charge in [0.25, 0.3) is 5.91 Å². The molecule has 0 unspecified atom stereocenters. The highest BCUT2D eigenvalue weighted by atomic mass is 16.5. The van der Waals surface area contributed by atoms with Crippen LogP contribution in [-0.2, 0) is 4.74 Å². The first-order valence-electron chi connectivity index (χ1n) is 8.59. The number of aryl methyl sites for hydroxylation is 1. The van der Waals surface area contributed by atoms with Crippen LogP contribution in [0.2, 0.25) is 0 Å². The number of anilines is 2. The minimum atomic E-state index is -0.143. The number of hydrogen-bond donors (Lipinski definition) is 2. The predicted octanol–water partition coefficient (Wildman–Crippen LogP) is 2.20. The van der Waals surface area contributed by atoms with Crippen LogP contribution >= 0.6 is 0 Å². The lowest BCUT2D eigenvalue weighted by Gasteiger charge is -2.26. The Bertz CT molecular complexity index is 697. The van der Waals surface area contributed by atoms with E-state index < -0.39 is 0 Å². The average molecular weight is 340 g/mol. The predicted molar refractivity (Wildman–Crippen MR) is 98.3 cm³/mol. The van der Waals surface area contributed by atoms with Crippen molar-refractivity contribution < 1.29 is 9.53 Å². The highest BCUT2D eigenvalue weighted by Crippen LogP contribution is 2.19. The third-order valence-corrected chi connectivity index (χ3v) is 4.24. The number of nitrogens with zero attached hydrogens (tertiary/aromatic N) is 2. The third-order valence-electron chi connectivity index (χ3n) is 4.24. The molecule has 1 saturated heterocycles. The van der Waals surface area contributed by atoms with Gasteiger partial charge in [-0.05, 0) is 30.7 Å².